The first-order valence-corrected chi connectivity index (χ1v) is 5.34. The van der Waals surface area contributed by atoms with Gasteiger partial charge in [0.2, 0.25) is 0 Å². The van der Waals surface area contributed by atoms with Crippen molar-refractivity contribution in [1.82, 2.24) is 9.55 Å². The van der Waals surface area contributed by atoms with E-state index in [4.69, 9.17) is 4.74 Å². The monoisotopic (exact) mass is 238 g/mol. The molecule has 1 fully saturated rings. The molecule has 1 aromatic heterocycles. The summed E-state index contributed by atoms with van der Waals surface area (Å²) in [7, 11) is 0. The number of hydrogen-bond donors (Lipinski definition) is 2. The van der Waals surface area contributed by atoms with E-state index in [1.807, 2.05) is 0 Å². The van der Waals surface area contributed by atoms with Crippen molar-refractivity contribution in [2.24, 2.45) is 0 Å². The number of nitrogens with zero attached hydrogens (tertiary/aromatic N) is 1. The summed E-state index contributed by atoms with van der Waals surface area (Å²) in [6.07, 6.45) is 3.62. The Bertz CT molecular complexity index is 533. The summed E-state index contributed by atoms with van der Waals surface area (Å²) in [6.45, 7) is 3.44. The van der Waals surface area contributed by atoms with Gasteiger partial charge in [0, 0.05) is 12.3 Å². The number of aliphatic hydroxyl groups excluding tert-OH is 1. The third kappa shape index (κ3) is 2.09. The summed E-state index contributed by atoms with van der Waals surface area (Å²) in [4.78, 5) is 24.6. The molecule has 0 amide bonds. The summed E-state index contributed by atoms with van der Waals surface area (Å²) in [5.74, 6) is 0. The molecular weight excluding hydrogens is 224 g/mol. The fourth-order valence-electron chi connectivity index (χ4n) is 1.94. The number of aromatic nitrogens is 2. The summed E-state index contributed by atoms with van der Waals surface area (Å²) in [5, 5.41) is 9.25. The highest BCUT2D eigenvalue weighted by atomic mass is 16.5. The van der Waals surface area contributed by atoms with E-state index in [0.29, 0.717) is 12.8 Å². The predicted molar refractivity (Wildman–Crippen MR) is 60.7 cm³/mol. The second-order valence-electron chi connectivity index (χ2n) is 4.06. The van der Waals surface area contributed by atoms with Gasteiger partial charge in [0.25, 0.3) is 5.56 Å². The molecule has 6 heteroatoms. The highest BCUT2D eigenvalue weighted by Gasteiger charge is 2.38. The molecule has 92 valence electrons. The molecule has 0 spiro atoms. The number of H-pyrrole nitrogens is 1. The highest BCUT2D eigenvalue weighted by Crippen LogP contribution is 2.35. The highest BCUT2D eigenvalue weighted by molar-refractivity contribution is 5.01. The van der Waals surface area contributed by atoms with Crippen molar-refractivity contribution in [2.75, 3.05) is 6.61 Å². The van der Waals surface area contributed by atoms with Gasteiger partial charge in [-0.25, -0.2) is 4.79 Å². The lowest BCUT2D eigenvalue weighted by molar-refractivity contribution is -0.0705. The van der Waals surface area contributed by atoms with Gasteiger partial charge in [0.05, 0.1) is 6.61 Å². The van der Waals surface area contributed by atoms with E-state index in [9.17, 15) is 14.7 Å². The molecule has 0 aromatic carbocycles. The van der Waals surface area contributed by atoms with Crippen molar-refractivity contribution < 1.29 is 9.84 Å². The van der Waals surface area contributed by atoms with Gasteiger partial charge in [0.1, 0.15) is 11.8 Å². The Hall–Kier alpha value is -1.66. The van der Waals surface area contributed by atoms with Crippen LogP contribution in [-0.4, -0.2) is 26.9 Å². The standard InChI is InChI=1S/C11H14N2O4/c1-2-11(7-14)5-3-9(17-11)13-6-4-8(15)12-10(13)16/h2,4,6,9,14H,1,3,5,7H2,(H,12,15,16)/t9?,11-/m0/s1. The lowest BCUT2D eigenvalue weighted by Gasteiger charge is -2.23. The number of rotatable bonds is 3. The minimum atomic E-state index is -0.791. The molecule has 1 aliphatic heterocycles. The Labute approximate surface area is 97.2 Å². The maximum Gasteiger partial charge on any atom is 0.330 e. The van der Waals surface area contributed by atoms with E-state index >= 15 is 0 Å². The third-order valence-electron chi connectivity index (χ3n) is 2.99. The van der Waals surface area contributed by atoms with Crippen LogP contribution in [0.25, 0.3) is 0 Å². The largest absolute Gasteiger partial charge is 0.393 e. The second-order valence-corrected chi connectivity index (χ2v) is 4.06. The van der Waals surface area contributed by atoms with Gasteiger partial charge >= 0.3 is 5.69 Å². The Morgan fingerprint density at radius 1 is 1.71 bits per heavy atom. The Balaban J connectivity index is 2.29. The molecule has 0 bridgehead atoms. The van der Waals surface area contributed by atoms with E-state index in [-0.39, 0.29) is 6.61 Å². The lowest BCUT2D eigenvalue weighted by atomic mass is 10.0. The van der Waals surface area contributed by atoms with E-state index in [1.54, 1.807) is 6.08 Å². The van der Waals surface area contributed by atoms with Crippen molar-refractivity contribution in [2.45, 2.75) is 24.7 Å². The predicted octanol–water partition coefficient (Wildman–Crippen LogP) is -0.237. The van der Waals surface area contributed by atoms with Gasteiger partial charge in [-0.2, -0.15) is 0 Å². The number of aromatic amines is 1. The zero-order valence-electron chi connectivity index (χ0n) is 9.26. The van der Waals surface area contributed by atoms with Crippen molar-refractivity contribution >= 4 is 0 Å². The molecule has 6 nitrogen and oxygen atoms in total. The summed E-state index contributed by atoms with van der Waals surface area (Å²) < 4.78 is 6.93. The Morgan fingerprint density at radius 3 is 3.00 bits per heavy atom. The van der Waals surface area contributed by atoms with Crippen LogP contribution in [0.15, 0.2) is 34.5 Å². The topological polar surface area (TPSA) is 84.3 Å². The lowest BCUT2D eigenvalue weighted by Crippen LogP contribution is -2.34. The van der Waals surface area contributed by atoms with Crippen molar-refractivity contribution in [3.05, 3.63) is 45.8 Å². The molecule has 1 unspecified atom stereocenters. The molecule has 0 radical (unpaired) electrons. The van der Waals surface area contributed by atoms with Crippen LogP contribution < -0.4 is 11.2 Å². The van der Waals surface area contributed by atoms with E-state index in [0.717, 1.165) is 0 Å². The first-order chi connectivity index (χ1) is 8.10. The SMILES string of the molecule is C=C[C@@]1(CO)CCC(n2ccc(=O)[nH]c2=O)O1. The van der Waals surface area contributed by atoms with Crippen LogP contribution in [0.2, 0.25) is 0 Å². The minimum absolute atomic E-state index is 0.175. The molecule has 1 aliphatic rings. The molecule has 2 rings (SSSR count). The number of hydrogen-bond acceptors (Lipinski definition) is 4. The van der Waals surface area contributed by atoms with Crippen LogP contribution in [0.1, 0.15) is 19.1 Å². The van der Waals surface area contributed by atoms with Crippen LogP contribution in [0.5, 0.6) is 0 Å². The molecule has 2 N–H and O–H groups in total. The normalized spacial score (nSPS) is 28.2. The number of nitrogens with one attached hydrogen (secondary N) is 1. The molecular formula is C11H14N2O4. The molecule has 2 heterocycles. The number of ether oxygens (including phenoxy) is 1. The summed E-state index contributed by atoms with van der Waals surface area (Å²) in [6, 6.07) is 1.26. The Morgan fingerprint density at radius 2 is 2.47 bits per heavy atom. The van der Waals surface area contributed by atoms with Gasteiger partial charge in [-0.15, -0.1) is 6.58 Å². The van der Waals surface area contributed by atoms with Crippen molar-refractivity contribution in [3.63, 3.8) is 0 Å². The minimum Gasteiger partial charge on any atom is -0.393 e. The Kier molecular flexibility index (Phi) is 2.99. The summed E-state index contributed by atoms with van der Waals surface area (Å²) >= 11 is 0. The zero-order chi connectivity index (χ0) is 12.5. The maximum atomic E-state index is 11.6. The fraction of sp³-hybridized carbons (Fsp3) is 0.455. The van der Waals surface area contributed by atoms with E-state index in [1.165, 1.54) is 16.8 Å². The van der Waals surface area contributed by atoms with Crippen LogP contribution in [0.3, 0.4) is 0 Å². The molecule has 1 aromatic rings. The van der Waals surface area contributed by atoms with Gasteiger partial charge in [0.15, 0.2) is 0 Å². The van der Waals surface area contributed by atoms with Crippen molar-refractivity contribution in [3.8, 4) is 0 Å². The van der Waals surface area contributed by atoms with E-state index in [2.05, 4.69) is 11.6 Å². The molecule has 2 atom stereocenters. The van der Waals surface area contributed by atoms with E-state index < -0.39 is 23.1 Å². The first-order valence-electron chi connectivity index (χ1n) is 5.34. The fourth-order valence-corrected chi connectivity index (χ4v) is 1.94. The molecule has 1 saturated heterocycles. The molecule has 17 heavy (non-hydrogen) atoms. The average molecular weight is 238 g/mol. The third-order valence-corrected chi connectivity index (χ3v) is 2.99. The first kappa shape index (κ1) is 11.8. The second kappa shape index (κ2) is 4.31. The van der Waals surface area contributed by atoms with Gasteiger partial charge in [-0.05, 0) is 12.8 Å². The van der Waals surface area contributed by atoms with Crippen LogP contribution in [-0.2, 0) is 4.74 Å². The van der Waals surface area contributed by atoms with Gasteiger partial charge in [-0.3, -0.25) is 14.3 Å². The van der Waals surface area contributed by atoms with Gasteiger partial charge < -0.3 is 9.84 Å². The summed E-state index contributed by atoms with van der Waals surface area (Å²) in [5.41, 5.74) is -1.75. The maximum absolute atomic E-state index is 11.6. The average Bonchev–Trinajstić information content (AvgIpc) is 2.74. The smallest absolute Gasteiger partial charge is 0.330 e. The van der Waals surface area contributed by atoms with Gasteiger partial charge in [-0.1, -0.05) is 6.08 Å². The number of aliphatic hydroxyl groups is 1. The van der Waals surface area contributed by atoms with Crippen LogP contribution in [0, 0.1) is 0 Å². The van der Waals surface area contributed by atoms with Crippen molar-refractivity contribution in [1.29, 1.82) is 0 Å². The zero-order valence-corrected chi connectivity index (χ0v) is 9.26. The van der Waals surface area contributed by atoms with Crippen LogP contribution in [0.4, 0.5) is 0 Å². The quantitative estimate of drug-likeness (QED) is 0.712. The molecule has 0 saturated carbocycles. The molecule has 0 aliphatic carbocycles. The van der Waals surface area contributed by atoms with Crippen LogP contribution >= 0.6 is 0 Å².